The van der Waals surface area contributed by atoms with Gasteiger partial charge in [-0.15, -0.1) is 0 Å². The van der Waals surface area contributed by atoms with Gasteiger partial charge in [0.15, 0.2) is 0 Å². The van der Waals surface area contributed by atoms with Gasteiger partial charge in [-0.25, -0.2) is 0 Å². The minimum atomic E-state index is 0.0747. The van der Waals surface area contributed by atoms with Crippen molar-refractivity contribution in [3.05, 3.63) is 128 Å². The molecule has 33 heavy (non-hydrogen) atoms. The summed E-state index contributed by atoms with van der Waals surface area (Å²) in [5, 5.41) is 21.4. The maximum atomic E-state index is 10.7. The largest absolute Gasteiger partial charge is 0.507 e. The number of aromatic hydroxyl groups is 2. The summed E-state index contributed by atoms with van der Waals surface area (Å²) in [6.07, 6.45) is 3.72. The molecule has 0 spiro atoms. The molecule has 0 fully saturated rings. The van der Waals surface area contributed by atoms with Crippen molar-refractivity contribution in [1.82, 2.24) is 0 Å². The maximum absolute atomic E-state index is 10.7. The predicted octanol–water partition coefficient (Wildman–Crippen LogP) is 8.34. The molecule has 4 aromatic carbocycles. The van der Waals surface area contributed by atoms with Crippen LogP contribution < -0.4 is 0 Å². The van der Waals surface area contributed by atoms with Gasteiger partial charge < -0.3 is 14.9 Å². The van der Waals surface area contributed by atoms with E-state index in [1.807, 2.05) is 84.9 Å². The molecule has 0 atom stereocenters. The molecule has 5 heteroatoms. The summed E-state index contributed by atoms with van der Waals surface area (Å²) >= 11 is 6.78. The first-order chi connectivity index (χ1) is 16.0. The molecule has 0 unspecified atom stereocenters. The van der Waals surface area contributed by atoms with Crippen molar-refractivity contribution in [3.63, 3.8) is 0 Å². The zero-order chi connectivity index (χ0) is 23.2. The number of hydrogen-bond acceptors (Lipinski definition) is 3. The second kappa shape index (κ2) is 10.6. The molecule has 4 rings (SSSR count). The third kappa shape index (κ3) is 5.95. The maximum Gasteiger partial charge on any atom is 0.139 e. The Labute approximate surface area is 209 Å². The summed E-state index contributed by atoms with van der Waals surface area (Å²) < 4.78 is 7.96. The molecule has 0 aliphatic heterocycles. The third-order valence-electron chi connectivity index (χ3n) is 4.87. The average molecular weight is 564 g/mol. The fourth-order valence-corrected chi connectivity index (χ4v) is 3.97. The highest BCUT2D eigenvalue weighted by Crippen LogP contribution is 2.37. The molecule has 2 N–H and O–H groups in total. The van der Waals surface area contributed by atoms with Crippen LogP contribution in [0.15, 0.2) is 106 Å². The number of hydrogen-bond donors (Lipinski definition) is 2. The van der Waals surface area contributed by atoms with E-state index < -0.39 is 0 Å². The summed E-state index contributed by atoms with van der Waals surface area (Å²) in [6, 6.07) is 29.9. The topological polar surface area (TPSA) is 49.7 Å². The van der Waals surface area contributed by atoms with E-state index in [-0.39, 0.29) is 11.5 Å². The highest BCUT2D eigenvalue weighted by molar-refractivity contribution is 9.10. The van der Waals surface area contributed by atoms with Crippen LogP contribution in [0.4, 0.5) is 0 Å². The molecular formula is C28H20Br2O3. The summed E-state index contributed by atoms with van der Waals surface area (Å²) in [7, 11) is 0. The second-order valence-corrected chi connectivity index (χ2v) is 9.09. The molecule has 0 aromatic heterocycles. The van der Waals surface area contributed by atoms with Crippen LogP contribution in [0.5, 0.6) is 11.5 Å². The van der Waals surface area contributed by atoms with Crippen LogP contribution in [-0.4, -0.2) is 10.2 Å². The van der Waals surface area contributed by atoms with Crippen LogP contribution in [0.25, 0.3) is 23.7 Å². The molecule has 0 bridgehead atoms. The summed E-state index contributed by atoms with van der Waals surface area (Å²) in [6.45, 7) is 0. The molecule has 0 saturated heterocycles. The molecular weight excluding hydrogens is 544 g/mol. The number of rotatable bonds is 6. The quantitative estimate of drug-likeness (QED) is 0.183. The van der Waals surface area contributed by atoms with Crippen LogP contribution in [0.3, 0.4) is 0 Å². The van der Waals surface area contributed by atoms with Gasteiger partial charge in [-0.1, -0.05) is 92.5 Å². The van der Waals surface area contributed by atoms with Crippen molar-refractivity contribution >= 4 is 55.5 Å². The Kier molecular flexibility index (Phi) is 7.33. The Bertz CT molecular complexity index is 1210. The van der Waals surface area contributed by atoms with Gasteiger partial charge in [0, 0.05) is 8.95 Å². The van der Waals surface area contributed by atoms with Crippen molar-refractivity contribution in [2.75, 3.05) is 0 Å². The van der Waals surface area contributed by atoms with E-state index >= 15 is 0 Å². The molecule has 3 nitrogen and oxygen atoms in total. The lowest BCUT2D eigenvalue weighted by atomic mass is 10.1. The van der Waals surface area contributed by atoms with Gasteiger partial charge in [0.05, 0.1) is 11.1 Å². The normalized spacial score (nSPS) is 11.9. The van der Waals surface area contributed by atoms with Crippen molar-refractivity contribution in [2.45, 2.75) is 0 Å². The molecule has 164 valence electrons. The standard InChI is InChI=1S/C28H20Br2O3/c29-21-11-13-23(25(31)17-21)27(15-19-7-3-1-4-8-19)33-28(16-20-9-5-2-6-10-20)24-14-12-22(30)18-26(24)32/h1-18,31-32H. The molecule has 0 aliphatic rings. The fourth-order valence-electron chi connectivity index (χ4n) is 3.27. The Morgan fingerprint density at radius 2 is 0.970 bits per heavy atom. The lowest BCUT2D eigenvalue weighted by molar-refractivity contribution is 0.441. The number of phenols is 2. The minimum absolute atomic E-state index is 0.0747. The number of phenolic OH excluding ortho intramolecular Hbond substituents is 2. The lowest BCUT2D eigenvalue weighted by Gasteiger charge is -2.17. The molecule has 0 saturated carbocycles. The molecule has 0 amide bonds. The number of benzene rings is 4. The van der Waals surface area contributed by atoms with E-state index in [1.54, 1.807) is 24.3 Å². The Balaban J connectivity index is 1.87. The van der Waals surface area contributed by atoms with Gasteiger partial charge in [-0.3, -0.25) is 0 Å². The SMILES string of the molecule is Oc1cc(Br)ccc1C(=Cc1ccccc1)OC(=Cc1ccccc1)c1ccc(Br)cc1O. The minimum Gasteiger partial charge on any atom is -0.507 e. The van der Waals surface area contributed by atoms with Crippen LogP contribution in [0.1, 0.15) is 22.3 Å². The first kappa shape index (κ1) is 22.9. The fraction of sp³-hybridized carbons (Fsp3) is 0. The van der Waals surface area contributed by atoms with Crippen LogP contribution in [-0.2, 0) is 4.74 Å². The molecule has 0 radical (unpaired) electrons. The van der Waals surface area contributed by atoms with E-state index in [4.69, 9.17) is 4.74 Å². The van der Waals surface area contributed by atoms with Crippen LogP contribution >= 0.6 is 31.9 Å². The predicted molar refractivity (Wildman–Crippen MR) is 141 cm³/mol. The van der Waals surface area contributed by atoms with Crippen LogP contribution in [0.2, 0.25) is 0 Å². The zero-order valence-electron chi connectivity index (χ0n) is 17.5. The first-order valence-corrected chi connectivity index (χ1v) is 11.8. The van der Waals surface area contributed by atoms with E-state index in [0.717, 1.165) is 20.1 Å². The average Bonchev–Trinajstić information content (AvgIpc) is 2.80. The van der Waals surface area contributed by atoms with Crippen molar-refractivity contribution in [1.29, 1.82) is 0 Å². The second-order valence-electron chi connectivity index (χ2n) is 7.26. The van der Waals surface area contributed by atoms with Gasteiger partial charge in [-0.2, -0.15) is 0 Å². The summed E-state index contributed by atoms with van der Waals surface area (Å²) in [5.74, 6) is 1.03. The first-order valence-electron chi connectivity index (χ1n) is 10.2. The number of halogens is 2. The Morgan fingerprint density at radius 1 is 0.576 bits per heavy atom. The van der Waals surface area contributed by atoms with E-state index in [2.05, 4.69) is 31.9 Å². The smallest absolute Gasteiger partial charge is 0.139 e. The van der Waals surface area contributed by atoms with Gasteiger partial charge in [0.25, 0.3) is 0 Å². The van der Waals surface area contributed by atoms with Crippen molar-refractivity contribution in [2.24, 2.45) is 0 Å². The summed E-state index contributed by atoms with van der Waals surface area (Å²) in [4.78, 5) is 0. The van der Waals surface area contributed by atoms with Crippen molar-refractivity contribution in [3.8, 4) is 11.5 Å². The summed E-state index contributed by atoms with van der Waals surface area (Å²) in [5.41, 5.74) is 2.87. The van der Waals surface area contributed by atoms with E-state index in [9.17, 15) is 10.2 Å². The van der Waals surface area contributed by atoms with Gasteiger partial charge >= 0.3 is 0 Å². The van der Waals surface area contributed by atoms with Crippen LogP contribution in [0, 0.1) is 0 Å². The Morgan fingerprint density at radius 3 is 1.33 bits per heavy atom. The molecule has 0 aliphatic carbocycles. The van der Waals surface area contributed by atoms with Gasteiger partial charge in [0.2, 0.25) is 0 Å². The third-order valence-corrected chi connectivity index (χ3v) is 5.85. The van der Waals surface area contributed by atoms with E-state index in [1.165, 1.54) is 0 Å². The van der Waals surface area contributed by atoms with Gasteiger partial charge in [-0.05, 0) is 59.7 Å². The number of ether oxygens (including phenoxy) is 1. The Hall–Kier alpha value is -3.28. The lowest BCUT2D eigenvalue weighted by Crippen LogP contribution is -1.96. The molecule has 4 aromatic rings. The monoisotopic (exact) mass is 562 g/mol. The van der Waals surface area contributed by atoms with Crippen molar-refractivity contribution < 1.29 is 14.9 Å². The highest BCUT2D eigenvalue weighted by atomic mass is 79.9. The van der Waals surface area contributed by atoms with Gasteiger partial charge in [0.1, 0.15) is 23.0 Å². The van der Waals surface area contributed by atoms with E-state index in [0.29, 0.717) is 22.6 Å². The molecule has 0 heterocycles. The zero-order valence-corrected chi connectivity index (χ0v) is 20.6. The highest BCUT2D eigenvalue weighted by Gasteiger charge is 2.16.